The molecule has 11 nitrogen and oxygen atoms in total. The molecule has 6 rings (SSSR count). The summed E-state index contributed by atoms with van der Waals surface area (Å²) in [7, 11) is 1.58. The molecule has 39 heavy (non-hydrogen) atoms. The highest BCUT2D eigenvalue weighted by Crippen LogP contribution is 2.39. The number of nitrogens with one attached hydrogen (secondary N) is 2. The summed E-state index contributed by atoms with van der Waals surface area (Å²) in [6.07, 6.45) is 3.09. The summed E-state index contributed by atoms with van der Waals surface area (Å²) >= 11 is 0. The van der Waals surface area contributed by atoms with Crippen LogP contribution in [0.5, 0.6) is 11.5 Å². The van der Waals surface area contributed by atoms with Crippen molar-refractivity contribution in [3.63, 3.8) is 0 Å². The number of methoxy groups -OCH3 is 1. The number of aromatic amines is 1. The van der Waals surface area contributed by atoms with Crippen molar-refractivity contribution in [1.82, 2.24) is 29.9 Å². The molecule has 0 fully saturated rings. The van der Waals surface area contributed by atoms with Crippen LogP contribution in [0.15, 0.2) is 64.0 Å². The second-order valence-corrected chi connectivity index (χ2v) is 8.99. The molecular formula is C27H24FN7O4. The molecule has 1 aliphatic heterocycles. The van der Waals surface area contributed by atoms with Gasteiger partial charge in [0.2, 0.25) is 11.7 Å². The minimum atomic E-state index is -0.665. The average molecular weight is 530 g/mol. The zero-order chi connectivity index (χ0) is 26.9. The van der Waals surface area contributed by atoms with Crippen LogP contribution in [0.25, 0.3) is 17.2 Å². The lowest BCUT2D eigenvalue weighted by molar-refractivity contribution is 0.269. The van der Waals surface area contributed by atoms with Gasteiger partial charge in [0.05, 0.1) is 13.7 Å². The van der Waals surface area contributed by atoms with E-state index in [9.17, 15) is 9.18 Å². The molecule has 0 amide bonds. The molecule has 0 spiro atoms. The highest BCUT2D eigenvalue weighted by Gasteiger charge is 2.26. The van der Waals surface area contributed by atoms with Gasteiger partial charge in [-0.25, -0.2) is 14.2 Å². The van der Waals surface area contributed by atoms with E-state index < -0.39 is 17.5 Å². The van der Waals surface area contributed by atoms with Crippen LogP contribution in [-0.4, -0.2) is 43.6 Å². The highest BCUT2D eigenvalue weighted by molar-refractivity contribution is 5.61. The summed E-state index contributed by atoms with van der Waals surface area (Å²) in [5.41, 5.74) is 2.66. The number of hydrogen-bond donors (Lipinski definition) is 2. The lowest BCUT2D eigenvalue weighted by Crippen LogP contribution is -2.18. The third-order valence-electron chi connectivity index (χ3n) is 6.37. The van der Waals surface area contributed by atoms with E-state index in [-0.39, 0.29) is 11.6 Å². The summed E-state index contributed by atoms with van der Waals surface area (Å²) in [6.45, 7) is 2.34. The van der Waals surface area contributed by atoms with Crippen LogP contribution < -0.4 is 20.5 Å². The Labute approximate surface area is 221 Å². The molecule has 198 valence electrons. The molecule has 0 saturated heterocycles. The predicted octanol–water partition coefficient (Wildman–Crippen LogP) is 3.99. The van der Waals surface area contributed by atoms with Gasteiger partial charge in [-0.05, 0) is 72.5 Å². The standard InChI is InChI=1S/C27H24FN7O4/c1-15-30-24(34-39-15)16-7-9-19(10-8-16)31-22(18-13-17-5-4-12-38-23(17)21(14-18)37-2)25-32-27(36)35(33-25)26-20(28)6-3-11-29-26/h3,6-11,13-14,22,31H,4-5,12H2,1-2H3,(H,32,33,36). The zero-order valence-electron chi connectivity index (χ0n) is 21.1. The fourth-order valence-corrected chi connectivity index (χ4v) is 4.54. The van der Waals surface area contributed by atoms with Gasteiger partial charge in [0.1, 0.15) is 6.04 Å². The first-order valence-electron chi connectivity index (χ1n) is 12.3. The van der Waals surface area contributed by atoms with E-state index in [1.165, 1.54) is 18.3 Å². The Balaban J connectivity index is 1.42. The fraction of sp³-hybridized carbons (Fsp3) is 0.222. The van der Waals surface area contributed by atoms with Crippen LogP contribution in [0.4, 0.5) is 10.1 Å². The van der Waals surface area contributed by atoms with Crippen LogP contribution in [-0.2, 0) is 6.42 Å². The van der Waals surface area contributed by atoms with Crippen molar-refractivity contribution in [2.24, 2.45) is 0 Å². The third kappa shape index (κ3) is 4.72. The third-order valence-corrected chi connectivity index (χ3v) is 6.37. The Morgan fingerprint density at radius 2 is 2.05 bits per heavy atom. The largest absolute Gasteiger partial charge is 0.493 e. The van der Waals surface area contributed by atoms with Crippen LogP contribution in [0, 0.1) is 12.7 Å². The summed E-state index contributed by atoms with van der Waals surface area (Å²) in [5.74, 6) is 1.65. The maximum atomic E-state index is 14.5. The van der Waals surface area contributed by atoms with Gasteiger partial charge < -0.3 is 19.3 Å². The molecule has 0 radical (unpaired) electrons. The number of halogens is 1. The maximum Gasteiger partial charge on any atom is 0.349 e. The van der Waals surface area contributed by atoms with E-state index in [1.807, 2.05) is 36.4 Å². The van der Waals surface area contributed by atoms with Crippen molar-refractivity contribution in [1.29, 1.82) is 0 Å². The van der Waals surface area contributed by atoms with Crippen LogP contribution in [0.2, 0.25) is 0 Å². The number of benzene rings is 2. The molecule has 1 atom stereocenters. The first-order chi connectivity index (χ1) is 19.0. The Hall–Kier alpha value is -5.00. The number of aromatic nitrogens is 6. The monoisotopic (exact) mass is 529 g/mol. The average Bonchev–Trinajstić information content (AvgIpc) is 3.57. The molecule has 0 bridgehead atoms. The Kier molecular flexibility index (Phi) is 6.27. The van der Waals surface area contributed by atoms with E-state index in [4.69, 9.17) is 14.0 Å². The van der Waals surface area contributed by atoms with Crippen molar-refractivity contribution in [2.45, 2.75) is 25.8 Å². The van der Waals surface area contributed by atoms with Crippen LogP contribution in [0.1, 0.15) is 35.3 Å². The molecule has 4 heterocycles. The van der Waals surface area contributed by atoms with Crippen molar-refractivity contribution < 1.29 is 18.4 Å². The second-order valence-electron chi connectivity index (χ2n) is 8.99. The van der Waals surface area contributed by atoms with Gasteiger partial charge in [-0.3, -0.25) is 4.98 Å². The fourth-order valence-electron chi connectivity index (χ4n) is 4.54. The lowest BCUT2D eigenvalue weighted by atomic mass is 9.97. The number of pyridine rings is 1. The molecule has 0 aliphatic carbocycles. The Morgan fingerprint density at radius 3 is 2.79 bits per heavy atom. The van der Waals surface area contributed by atoms with Crippen molar-refractivity contribution >= 4 is 5.69 Å². The van der Waals surface area contributed by atoms with E-state index >= 15 is 0 Å². The van der Waals surface area contributed by atoms with Crippen LogP contribution >= 0.6 is 0 Å². The molecule has 3 aromatic heterocycles. The zero-order valence-corrected chi connectivity index (χ0v) is 21.1. The quantitative estimate of drug-likeness (QED) is 0.321. The SMILES string of the molecule is COc1cc(C(Nc2ccc(-c3noc(C)n3)cc2)c2nn(-c3ncccc3F)c(=O)[nH]2)cc2c1OCCC2. The van der Waals surface area contributed by atoms with Gasteiger partial charge in [0, 0.05) is 24.4 Å². The number of fused-ring (bicyclic) bond motifs is 1. The van der Waals surface area contributed by atoms with Gasteiger partial charge in [-0.2, -0.15) is 9.67 Å². The molecule has 2 N–H and O–H groups in total. The van der Waals surface area contributed by atoms with Gasteiger partial charge in [-0.15, -0.1) is 5.10 Å². The topological polar surface area (TPSA) is 133 Å². The second kappa shape index (κ2) is 10.0. The summed E-state index contributed by atoms with van der Waals surface area (Å²) < 4.78 is 32.0. The molecule has 12 heteroatoms. The normalized spacial score (nSPS) is 13.4. The molecule has 2 aromatic carbocycles. The van der Waals surface area contributed by atoms with Crippen LogP contribution in [0.3, 0.4) is 0 Å². The Morgan fingerprint density at radius 1 is 1.21 bits per heavy atom. The van der Waals surface area contributed by atoms with E-state index in [1.54, 1.807) is 14.0 Å². The lowest BCUT2D eigenvalue weighted by Gasteiger charge is -2.24. The number of anilines is 1. The smallest absolute Gasteiger partial charge is 0.349 e. The number of H-pyrrole nitrogens is 1. The van der Waals surface area contributed by atoms with E-state index in [0.29, 0.717) is 29.8 Å². The van der Waals surface area contributed by atoms with Gasteiger partial charge >= 0.3 is 5.69 Å². The Bertz CT molecular complexity index is 1680. The van der Waals surface area contributed by atoms with Crippen molar-refractivity contribution in [3.8, 4) is 28.7 Å². The number of ether oxygens (including phenoxy) is 2. The molecular weight excluding hydrogens is 505 g/mol. The van der Waals surface area contributed by atoms with Gasteiger partial charge in [0.15, 0.2) is 29.0 Å². The summed E-state index contributed by atoms with van der Waals surface area (Å²) in [6, 6.07) is 13.3. The highest BCUT2D eigenvalue weighted by atomic mass is 19.1. The first kappa shape index (κ1) is 24.3. The minimum Gasteiger partial charge on any atom is -0.493 e. The van der Waals surface area contributed by atoms with Crippen molar-refractivity contribution in [2.75, 3.05) is 19.0 Å². The number of hydrogen-bond acceptors (Lipinski definition) is 9. The van der Waals surface area contributed by atoms with E-state index in [2.05, 4.69) is 30.5 Å². The maximum absolute atomic E-state index is 14.5. The number of nitrogens with zero attached hydrogens (tertiary/aromatic N) is 5. The minimum absolute atomic E-state index is 0.195. The number of rotatable bonds is 7. The van der Waals surface area contributed by atoms with E-state index in [0.717, 1.165) is 39.9 Å². The van der Waals surface area contributed by atoms with Gasteiger partial charge in [0.25, 0.3) is 0 Å². The molecule has 0 saturated carbocycles. The summed E-state index contributed by atoms with van der Waals surface area (Å²) in [4.78, 5) is 23.9. The predicted molar refractivity (Wildman–Crippen MR) is 139 cm³/mol. The summed E-state index contributed by atoms with van der Waals surface area (Å²) in [5, 5.41) is 11.8. The first-order valence-corrected chi connectivity index (χ1v) is 12.3. The van der Waals surface area contributed by atoms with Gasteiger partial charge in [-0.1, -0.05) is 5.16 Å². The molecule has 1 unspecified atom stereocenters. The molecule has 1 aliphatic rings. The number of aryl methyl sites for hydroxylation is 2. The molecule has 5 aromatic rings. The van der Waals surface area contributed by atoms with Crippen molar-refractivity contribution in [3.05, 3.63) is 93.9 Å².